The van der Waals surface area contributed by atoms with Crippen LogP contribution in [0.3, 0.4) is 0 Å². The van der Waals surface area contributed by atoms with E-state index in [1.165, 1.54) is 16.0 Å². The van der Waals surface area contributed by atoms with Gasteiger partial charge >= 0.3 is 0 Å². The third-order valence-electron chi connectivity index (χ3n) is 5.55. The average Bonchev–Trinajstić information content (AvgIpc) is 3.56. The summed E-state index contributed by atoms with van der Waals surface area (Å²) >= 11 is 13.1. The van der Waals surface area contributed by atoms with Crippen LogP contribution < -0.4 is 10.7 Å². The van der Waals surface area contributed by atoms with Crippen molar-refractivity contribution < 1.29 is 5.11 Å². The van der Waals surface area contributed by atoms with Crippen LogP contribution in [-0.4, -0.2) is 31.1 Å². The lowest BCUT2D eigenvalue weighted by Crippen LogP contribution is -2.27. The fourth-order valence-electron chi connectivity index (χ4n) is 3.89. The fraction of sp³-hybridized carbons (Fsp3) is 0. The molecule has 3 aromatic carbocycles. The summed E-state index contributed by atoms with van der Waals surface area (Å²) in [7, 11) is 0. The van der Waals surface area contributed by atoms with Gasteiger partial charge in [0.05, 0.1) is 15.9 Å². The highest BCUT2D eigenvalue weighted by Gasteiger charge is 2.20. The van der Waals surface area contributed by atoms with E-state index in [4.69, 9.17) is 28.8 Å². The number of nitrogens with zero attached hydrogens (tertiary/aromatic N) is 4. The van der Waals surface area contributed by atoms with Crippen LogP contribution in [0.25, 0.3) is 33.3 Å². The molecule has 2 aromatic heterocycles. The van der Waals surface area contributed by atoms with Crippen molar-refractivity contribution in [1.82, 2.24) is 14.6 Å². The summed E-state index contributed by atoms with van der Waals surface area (Å²) in [6, 6.07) is 22.9. The molecule has 0 unspecified atom stereocenters. The first kappa shape index (κ1) is 22.4. The minimum atomic E-state index is -0.0839. The van der Waals surface area contributed by atoms with E-state index < -0.39 is 0 Å². The highest BCUT2D eigenvalue weighted by molar-refractivity contribution is 7.80. The monoisotopic (exact) mass is 528 g/mol. The molecule has 0 bridgehead atoms. The number of thiazole rings is 1. The SMILES string of the molecule is Oc1c(/C=C2\C=Nc3ccccc32)nc(-c2ccccc2)n1NC(=S)Nc1nc2ccc(Cl)cc2s1. The summed E-state index contributed by atoms with van der Waals surface area (Å²) in [5.41, 5.74) is 7.78. The molecule has 3 N–H and O–H groups in total. The Morgan fingerprint density at radius 3 is 2.69 bits per heavy atom. The normalized spacial score (nSPS) is 13.3. The summed E-state index contributed by atoms with van der Waals surface area (Å²) in [6.07, 6.45) is 3.58. The lowest BCUT2D eigenvalue weighted by Gasteiger charge is -2.13. The minimum Gasteiger partial charge on any atom is -0.492 e. The van der Waals surface area contributed by atoms with Gasteiger partial charge < -0.3 is 10.4 Å². The molecule has 1 aliphatic heterocycles. The molecular weight excluding hydrogens is 512 g/mol. The molecular formula is C26H17ClN6OS2. The molecule has 0 amide bonds. The predicted octanol–water partition coefficient (Wildman–Crippen LogP) is 6.72. The topological polar surface area (TPSA) is 87.4 Å². The van der Waals surface area contributed by atoms with Gasteiger partial charge in [0.15, 0.2) is 16.1 Å². The summed E-state index contributed by atoms with van der Waals surface area (Å²) in [6.45, 7) is 0. The summed E-state index contributed by atoms with van der Waals surface area (Å²) < 4.78 is 2.40. The summed E-state index contributed by atoms with van der Waals surface area (Å²) in [5, 5.41) is 15.8. The Balaban J connectivity index is 1.34. The zero-order valence-corrected chi connectivity index (χ0v) is 20.9. The molecule has 1 aliphatic rings. The molecule has 176 valence electrons. The van der Waals surface area contributed by atoms with Crippen molar-refractivity contribution in [3.05, 3.63) is 89.1 Å². The largest absolute Gasteiger partial charge is 0.492 e. The molecule has 0 saturated heterocycles. The van der Waals surface area contributed by atoms with Gasteiger partial charge in [0, 0.05) is 27.9 Å². The fourth-order valence-corrected chi connectivity index (χ4v) is 5.29. The number of aromatic hydroxyl groups is 1. The third kappa shape index (κ3) is 4.24. The van der Waals surface area contributed by atoms with Crippen LogP contribution in [0, 0.1) is 0 Å². The molecule has 10 heteroatoms. The average molecular weight is 529 g/mol. The molecule has 0 fully saturated rings. The second kappa shape index (κ2) is 9.19. The van der Waals surface area contributed by atoms with E-state index in [0.29, 0.717) is 21.7 Å². The van der Waals surface area contributed by atoms with Crippen molar-refractivity contribution >= 4 is 79.2 Å². The molecule has 0 atom stereocenters. The molecule has 0 aliphatic carbocycles. The Labute approximate surface area is 220 Å². The van der Waals surface area contributed by atoms with Gasteiger partial charge in [-0.25, -0.2) is 14.6 Å². The number of aliphatic imine (C=N–C) groups is 1. The Kier molecular flexibility index (Phi) is 5.73. The van der Waals surface area contributed by atoms with Crippen molar-refractivity contribution in [2.45, 2.75) is 0 Å². The number of rotatable bonds is 4. The standard InChI is InChI=1S/C26H17ClN6OS2/c27-17-10-11-20-22(13-17)36-26(30-20)31-25(35)32-33-23(15-6-2-1-3-7-15)29-21(24(33)34)12-16-14-28-19-9-5-4-8-18(16)19/h1-14,34H,(H2,30,31,32,35)/b16-12+. The van der Waals surface area contributed by atoms with Crippen molar-refractivity contribution in [1.29, 1.82) is 0 Å². The van der Waals surface area contributed by atoms with Gasteiger partial charge in [-0.1, -0.05) is 71.5 Å². The van der Waals surface area contributed by atoms with Crippen LogP contribution in [0.1, 0.15) is 11.3 Å². The highest BCUT2D eigenvalue weighted by atomic mass is 35.5. The lowest BCUT2D eigenvalue weighted by molar-refractivity contribution is 0.437. The van der Waals surface area contributed by atoms with Crippen molar-refractivity contribution in [3.63, 3.8) is 0 Å². The molecule has 0 radical (unpaired) electrons. The van der Waals surface area contributed by atoms with Crippen LogP contribution in [0.4, 0.5) is 10.8 Å². The molecule has 6 rings (SSSR count). The number of hydrogen-bond acceptors (Lipinski definition) is 6. The number of allylic oxidation sites excluding steroid dienone is 1. The number of fused-ring (bicyclic) bond motifs is 2. The quantitative estimate of drug-likeness (QED) is 0.224. The van der Waals surface area contributed by atoms with Crippen LogP contribution in [0.2, 0.25) is 5.02 Å². The van der Waals surface area contributed by atoms with Crippen LogP contribution >= 0.6 is 35.2 Å². The minimum absolute atomic E-state index is 0.0839. The predicted molar refractivity (Wildman–Crippen MR) is 152 cm³/mol. The number of aromatic nitrogens is 3. The zero-order valence-electron chi connectivity index (χ0n) is 18.5. The van der Waals surface area contributed by atoms with Gasteiger partial charge in [-0.2, -0.15) is 0 Å². The van der Waals surface area contributed by atoms with Crippen LogP contribution in [-0.2, 0) is 0 Å². The van der Waals surface area contributed by atoms with E-state index in [9.17, 15) is 5.11 Å². The van der Waals surface area contributed by atoms with Gasteiger partial charge in [-0.3, -0.25) is 10.4 Å². The molecule has 3 heterocycles. The van der Waals surface area contributed by atoms with Gasteiger partial charge in [-0.15, -0.1) is 0 Å². The summed E-state index contributed by atoms with van der Waals surface area (Å²) in [4.78, 5) is 13.7. The number of halogens is 1. The Hall–Kier alpha value is -4.05. The Morgan fingerprint density at radius 2 is 1.83 bits per heavy atom. The van der Waals surface area contributed by atoms with Gasteiger partial charge in [0.1, 0.15) is 5.69 Å². The zero-order chi connectivity index (χ0) is 24.6. The van der Waals surface area contributed by atoms with E-state index in [2.05, 4.69) is 20.7 Å². The lowest BCUT2D eigenvalue weighted by atomic mass is 10.1. The number of hydrogen-bond donors (Lipinski definition) is 3. The number of benzene rings is 3. The first-order chi connectivity index (χ1) is 17.5. The number of imidazole rings is 1. The number of nitrogens with one attached hydrogen (secondary N) is 2. The first-order valence-corrected chi connectivity index (χ1v) is 12.5. The van der Waals surface area contributed by atoms with E-state index in [-0.39, 0.29) is 11.0 Å². The molecule has 0 saturated carbocycles. The second-order valence-corrected chi connectivity index (χ2v) is 9.79. The van der Waals surface area contributed by atoms with E-state index in [1.807, 2.05) is 72.8 Å². The second-order valence-electron chi connectivity index (χ2n) is 7.92. The molecule has 36 heavy (non-hydrogen) atoms. The van der Waals surface area contributed by atoms with Crippen LogP contribution in [0.5, 0.6) is 5.88 Å². The van der Waals surface area contributed by atoms with Gasteiger partial charge in [0.2, 0.25) is 5.88 Å². The van der Waals surface area contributed by atoms with Gasteiger partial charge in [0.25, 0.3) is 0 Å². The first-order valence-electron chi connectivity index (χ1n) is 10.9. The maximum Gasteiger partial charge on any atom is 0.239 e. The smallest absolute Gasteiger partial charge is 0.239 e. The molecule has 7 nitrogen and oxygen atoms in total. The molecule has 5 aromatic rings. The summed E-state index contributed by atoms with van der Waals surface area (Å²) in [5.74, 6) is 0.419. The number of thiocarbonyl (C=S) groups is 1. The Bertz CT molecular complexity index is 1690. The van der Waals surface area contributed by atoms with Crippen molar-refractivity contribution in [3.8, 4) is 17.3 Å². The maximum atomic E-state index is 11.2. The van der Waals surface area contributed by atoms with Gasteiger partial charge in [-0.05, 0) is 42.6 Å². The number of para-hydroxylation sites is 1. The number of anilines is 1. The Morgan fingerprint density at radius 1 is 1.03 bits per heavy atom. The maximum absolute atomic E-state index is 11.2. The third-order valence-corrected chi connectivity index (χ3v) is 6.91. The van der Waals surface area contributed by atoms with E-state index in [0.717, 1.165) is 32.6 Å². The van der Waals surface area contributed by atoms with Crippen LogP contribution in [0.15, 0.2) is 77.8 Å². The van der Waals surface area contributed by atoms with Crippen molar-refractivity contribution in [2.24, 2.45) is 4.99 Å². The highest BCUT2D eigenvalue weighted by Crippen LogP contribution is 2.35. The molecule has 0 spiro atoms. The van der Waals surface area contributed by atoms with E-state index in [1.54, 1.807) is 12.3 Å². The van der Waals surface area contributed by atoms with Crippen molar-refractivity contribution in [2.75, 3.05) is 10.7 Å². The van der Waals surface area contributed by atoms with E-state index >= 15 is 0 Å².